The predicted octanol–water partition coefficient (Wildman–Crippen LogP) is 3.97. The summed E-state index contributed by atoms with van der Waals surface area (Å²) in [5, 5.41) is 5.78. The number of nitrogens with zero attached hydrogens (tertiary/aromatic N) is 1. The van der Waals surface area contributed by atoms with E-state index >= 15 is 0 Å². The molecule has 0 aliphatic rings. The third kappa shape index (κ3) is 5.49. The van der Waals surface area contributed by atoms with Crippen molar-refractivity contribution in [2.75, 3.05) is 7.05 Å². The van der Waals surface area contributed by atoms with Gasteiger partial charge in [-0.3, -0.25) is 9.79 Å². The average molecular weight is 352 g/mol. The molecule has 2 N–H and O–H groups in total. The van der Waals surface area contributed by atoms with Crippen LogP contribution in [0.3, 0.4) is 0 Å². The first-order valence-corrected chi connectivity index (χ1v) is 8.13. The maximum Gasteiger partial charge on any atom is 0.253 e. The topological polar surface area (TPSA) is 53.5 Å². The van der Waals surface area contributed by atoms with Crippen LogP contribution in [0.15, 0.2) is 46.7 Å². The molecule has 1 rings (SSSR count). The Morgan fingerprint density at radius 3 is 2.71 bits per heavy atom. The van der Waals surface area contributed by atoms with Gasteiger partial charge in [0.15, 0.2) is 0 Å². The predicted molar refractivity (Wildman–Crippen MR) is 97.6 cm³/mol. The van der Waals surface area contributed by atoms with Crippen molar-refractivity contribution in [3.63, 3.8) is 0 Å². The van der Waals surface area contributed by atoms with E-state index in [9.17, 15) is 9.18 Å². The normalized spacial score (nSPS) is 12.0. The van der Waals surface area contributed by atoms with E-state index in [0.29, 0.717) is 16.8 Å². The number of amides is 1. The van der Waals surface area contributed by atoms with Crippen LogP contribution in [0, 0.1) is 5.82 Å². The molecular formula is C18H23ClFN3O. The van der Waals surface area contributed by atoms with Crippen molar-refractivity contribution in [1.82, 2.24) is 10.6 Å². The molecule has 0 spiro atoms. The largest absolute Gasteiger partial charge is 0.386 e. The highest BCUT2D eigenvalue weighted by Gasteiger charge is 2.15. The standard InChI is InChI=1S/C18H23ClFN3O/c1-5-7-16(22-6-2)17(21-4)12(3)18(24)23-11-13-8-9-15(20)14(19)10-13/h6,8-10,21H,3,5,7,11H2,1-2,4H3,(H,23,24)/b17-16+,22-6?. The maximum atomic E-state index is 13.2. The van der Waals surface area contributed by atoms with Crippen molar-refractivity contribution < 1.29 is 9.18 Å². The summed E-state index contributed by atoms with van der Waals surface area (Å²) in [6, 6.07) is 4.33. The fourth-order valence-corrected chi connectivity index (χ4v) is 2.37. The molecule has 0 aromatic heterocycles. The van der Waals surface area contributed by atoms with Gasteiger partial charge in [-0.2, -0.15) is 0 Å². The number of carbonyl (C=O) groups excluding carboxylic acids is 1. The van der Waals surface area contributed by atoms with Crippen molar-refractivity contribution in [3.8, 4) is 0 Å². The highest BCUT2D eigenvalue weighted by atomic mass is 35.5. The van der Waals surface area contributed by atoms with Crippen LogP contribution in [0.1, 0.15) is 32.3 Å². The van der Waals surface area contributed by atoms with E-state index < -0.39 is 5.82 Å². The summed E-state index contributed by atoms with van der Waals surface area (Å²) in [6.07, 6.45) is 3.33. The molecule has 0 aliphatic heterocycles. The van der Waals surface area contributed by atoms with Crippen LogP contribution >= 0.6 is 11.6 Å². The monoisotopic (exact) mass is 351 g/mol. The van der Waals surface area contributed by atoms with Gasteiger partial charge in [0, 0.05) is 19.8 Å². The first-order valence-electron chi connectivity index (χ1n) is 7.75. The summed E-state index contributed by atoms with van der Waals surface area (Å²) >= 11 is 5.74. The maximum absolute atomic E-state index is 13.2. The molecular weight excluding hydrogens is 329 g/mol. The zero-order valence-electron chi connectivity index (χ0n) is 14.2. The zero-order chi connectivity index (χ0) is 18.1. The van der Waals surface area contributed by atoms with Crippen LogP contribution < -0.4 is 10.6 Å². The first kappa shape index (κ1) is 19.9. The Hall–Kier alpha value is -2.14. The molecule has 0 heterocycles. The summed E-state index contributed by atoms with van der Waals surface area (Å²) < 4.78 is 13.2. The smallest absolute Gasteiger partial charge is 0.253 e. The minimum atomic E-state index is -0.488. The van der Waals surface area contributed by atoms with E-state index in [4.69, 9.17) is 11.6 Å². The molecule has 0 unspecified atom stereocenters. The lowest BCUT2D eigenvalue weighted by Crippen LogP contribution is -2.28. The average Bonchev–Trinajstić information content (AvgIpc) is 2.56. The van der Waals surface area contributed by atoms with Crippen molar-refractivity contribution in [2.45, 2.75) is 33.2 Å². The summed E-state index contributed by atoms with van der Waals surface area (Å²) in [6.45, 7) is 7.96. The Bertz CT molecular complexity index is 668. The molecule has 0 saturated heterocycles. The van der Waals surface area contributed by atoms with Crippen molar-refractivity contribution >= 4 is 23.7 Å². The lowest BCUT2D eigenvalue weighted by molar-refractivity contribution is -0.117. The van der Waals surface area contributed by atoms with E-state index in [1.165, 1.54) is 12.1 Å². The number of hydrogen-bond donors (Lipinski definition) is 2. The Balaban J connectivity index is 2.86. The van der Waals surface area contributed by atoms with E-state index in [1.807, 2.05) is 13.8 Å². The van der Waals surface area contributed by atoms with Crippen LogP contribution in [-0.4, -0.2) is 19.2 Å². The van der Waals surface area contributed by atoms with Crippen LogP contribution in [0.25, 0.3) is 0 Å². The number of rotatable bonds is 8. The molecule has 1 aromatic carbocycles. The van der Waals surface area contributed by atoms with E-state index in [0.717, 1.165) is 18.5 Å². The van der Waals surface area contributed by atoms with Gasteiger partial charge in [-0.15, -0.1) is 0 Å². The van der Waals surface area contributed by atoms with Gasteiger partial charge in [-0.1, -0.05) is 37.6 Å². The fraction of sp³-hybridized carbons (Fsp3) is 0.333. The minimum absolute atomic E-state index is 0.0268. The van der Waals surface area contributed by atoms with Gasteiger partial charge in [0.05, 0.1) is 22.0 Å². The molecule has 0 fully saturated rings. The number of benzene rings is 1. The second-order valence-electron chi connectivity index (χ2n) is 5.12. The quantitative estimate of drug-likeness (QED) is 0.423. The van der Waals surface area contributed by atoms with Gasteiger partial charge in [-0.05, 0) is 31.0 Å². The van der Waals surface area contributed by atoms with Crippen LogP contribution in [0.5, 0.6) is 0 Å². The zero-order valence-corrected chi connectivity index (χ0v) is 15.0. The fourth-order valence-electron chi connectivity index (χ4n) is 2.17. The number of likely N-dealkylation sites (N-methyl/N-ethyl adjacent to an activating group) is 1. The first-order chi connectivity index (χ1) is 11.4. The minimum Gasteiger partial charge on any atom is -0.386 e. The molecule has 0 aliphatic carbocycles. The van der Waals surface area contributed by atoms with Gasteiger partial charge >= 0.3 is 0 Å². The van der Waals surface area contributed by atoms with E-state index in [2.05, 4.69) is 22.2 Å². The number of nitrogens with one attached hydrogen (secondary N) is 2. The second-order valence-corrected chi connectivity index (χ2v) is 5.53. The van der Waals surface area contributed by atoms with Gasteiger partial charge < -0.3 is 10.6 Å². The Labute approximate surface area is 147 Å². The summed E-state index contributed by atoms with van der Waals surface area (Å²) in [5.74, 6) is -0.808. The molecule has 24 heavy (non-hydrogen) atoms. The number of aliphatic imine (C=N–C) groups is 1. The lowest BCUT2D eigenvalue weighted by atomic mass is 10.1. The SMILES string of the molecule is C=C(C(=O)NCc1ccc(F)c(Cl)c1)/C(NC)=C(/CCC)N=CC. The highest BCUT2D eigenvalue weighted by molar-refractivity contribution is 6.30. The van der Waals surface area contributed by atoms with Crippen molar-refractivity contribution in [3.05, 3.63) is 58.1 Å². The van der Waals surface area contributed by atoms with E-state index in [1.54, 1.807) is 19.3 Å². The Kier molecular flexibility index (Phi) is 8.19. The molecule has 0 radical (unpaired) electrons. The van der Waals surface area contributed by atoms with Crippen LogP contribution in [0.4, 0.5) is 4.39 Å². The summed E-state index contributed by atoms with van der Waals surface area (Å²) in [4.78, 5) is 16.7. The summed E-state index contributed by atoms with van der Waals surface area (Å²) in [5.41, 5.74) is 2.41. The summed E-state index contributed by atoms with van der Waals surface area (Å²) in [7, 11) is 1.73. The molecule has 0 atom stereocenters. The number of allylic oxidation sites excluding steroid dienone is 1. The van der Waals surface area contributed by atoms with Crippen molar-refractivity contribution in [2.24, 2.45) is 4.99 Å². The molecule has 6 heteroatoms. The van der Waals surface area contributed by atoms with Gasteiger partial charge in [0.2, 0.25) is 0 Å². The lowest BCUT2D eigenvalue weighted by Gasteiger charge is -2.14. The van der Waals surface area contributed by atoms with Gasteiger partial charge in [-0.25, -0.2) is 4.39 Å². The van der Waals surface area contributed by atoms with Crippen molar-refractivity contribution in [1.29, 1.82) is 0 Å². The van der Waals surface area contributed by atoms with Gasteiger partial charge in [0.1, 0.15) is 5.82 Å². The van der Waals surface area contributed by atoms with Gasteiger partial charge in [0.25, 0.3) is 5.91 Å². The number of hydrogen-bond acceptors (Lipinski definition) is 3. The molecule has 130 valence electrons. The molecule has 0 saturated carbocycles. The molecule has 0 bridgehead atoms. The number of carbonyl (C=O) groups is 1. The number of halogens is 2. The van der Waals surface area contributed by atoms with E-state index in [-0.39, 0.29) is 17.5 Å². The molecule has 1 aromatic rings. The van der Waals surface area contributed by atoms with Crippen LogP contribution in [0.2, 0.25) is 5.02 Å². The third-order valence-corrected chi connectivity index (χ3v) is 3.61. The highest BCUT2D eigenvalue weighted by Crippen LogP contribution is 2.18. The third-order valence-electron chi connectivity index (χ3n) is 3.32. The Morgan fingerprint density at radius 2 is 2.17 bits per heavy atom. The molecule has 1 amide bonds. The molecule has 4 nitrogen and oxygen atoms in total. The van der Waals surface area contributed by atoms with Crippen LogP contribution in [-0.2, 0) is 11.3 Å². The second kappa shape index (κ2) is 9.88. The Morgan fingerprint density at radius 1 is 1.46 bits per heavy atom.